The van der Waals surface area contributed by atoms with Crippen LogP contribution < -0.4 is 5.32 Å². The number of hydrogen-bond acceptors (Lipinski definition) is 3. The molecule has 1 aliphatic heterocycles. The van der Waals surface area contributed by atoms with Crippen molar-refractivity contribution in [1.29, 1.82) is 0 Å². The predicted octanol–water partition coefficient (Wildman–Crippen LogP) is 0.810. The number of nitrogens with zero attached hydrogens (tertiary/aromatic N) is 1. The third kappa shape index (κ3) is 3.19. The van der Waals surface area contributed by atoms with Crippen molar-refractivity contribution in [3.63, 3.8) is 0 Å². The molecule has 94 valence electrons. The summed E-state index contributed by atoms with van der Waals surface area (Å²) in [6.45, 7) is 10.3. The Morgan fingerprint density at radius 1 is 1.38 bits per heavy atom. The van der Waals surface area contributed by atoms with E-state index >= 15 is 0 Å². The lowest BCUT2D eigenvalue weighted by Crippen LogP contribution is -2.42. The van der Waals surface area contributed by atoms with Gasteiger partial charge < -0.3 is 10.0 Å². The van der Waals surface area contributed by atoms with Crippen LogP contribution in [0.3, 0.4) is 0 Å². The third-order valence-electron chi connectivity index (χ3n) is 3.08. The van der Waals surface area contributed by atoms with E-state index in [1.54, 1.807) is 0 Å². The van der Waals surface area contributed by atoms with Gasteiger partial charge in [-0.15, -0.1) is 0 Å². The van der Waals surface area contributed by atoms with Crippen molar-refractivity contribution in [3.8, 4) is 0 Å². The Morgan fingerprint density at radius 3 is 2.44 bits per heavy atom. The molecular formula is C12H24N2O2. The summed E-state index contributed by atoms with van der Waals surface area (Å²) in [5.41, 5.74) is -0.607. The van der Waals surface area contributed by atoms with E-state index in [9.17, 15) is 9.90 Å². The molecule has 0 radical (unpaired) electrons. The minimum atomic E-state index is -0.405. The van der Waals surface area contributed by atoms with E-state index < -0.39 is 5.41 Å². The van der Waals surface area contributed by atoms with Crippen LogP contribution in [0.25, 0.3) is 0 Å². The lowest BCUT2D eigenvalue weighted by Gasteiger charge is -2.35. The van der Waals surface area contributed by atoms with Crippen molar-refractivity contribution >= 4 is 5.91 Å². The Bertz CT molecular complexity index is 256. The summed E-state index contributed by atoms with van der Waals surface area (Å²) in [5.74, 6) is 0.180. The van der Waals surface area contributed by atoms with Crippen LogP contribution in [0.1, 0.15) is 34.1 Å². The van der Waals surface area contributed by atoms with Crippen molar-refractivity contribution in [2.75, 3.05) is 26.4 Å². The molecule has 1 heterocycles. The van der Waals surface area contributed by atoms with E-state index in [1.807, 2.05) is 32.6 Å². The zero-order valence-corrected chi connectivity index (χ0v) is 10.8. The fourth-order valence-corrected chi connectivity index (χ4v) is 2.44. The molecule has 0 aliphatic carbocycles. The van der Waals surface area contributed by atoms with Crippen LogP contribution in [-0.4, -0.2) is 42.3 Å². The van der Waals surface area contributed by atoms with E-state index in [0.29, 0.717) is 13.1 Å². The van der Waals surface area contributed by atoms with Crippen LogP contribution in [0.2, 0.25) is 0 Å². The number of hydrogen-bond donors (Lipinski definition) is 2. The Morgan fingerprint density at radius 2 is 2.00 bits per heavy atom. The van der Waals surface area contributed by atoms with Gasteiger partial charge in [-0.05, 0) is 11.8 Å². The molecule has 0 saturated carbocycles. The van der Waals surface area contributed by atoms with Gasteiger partial charge in [-0.2, -0.15) is 0 Å². The summed E-state index contributed by atoms with van der Waals surface area (Å²) in [6, 6.07) is 0. The van der Waals surface area contributed by atoms with Crippen LogP contribution >= 0.6 is 0 Å². The van der Waals surface area contributed by atoms with Crippen molar-refractivity contribution in [2.45, 2.75) is 34.1 Å². The van der Waals surface area contributed by atoms with E-state index in [0.717, 1.165) is 13.1 Å². The average Bonchev–Trinajstić information content (AvgIpc) is 2.67. The molecular weight excluding hydrogens is 204 g/mol. The van der Waals surface area contributed by atoms with Crippen LogP contribution in [0, 0.1) is 10.8 Å². The lowest BCUT2D eigenvalue weighted by molar-refractivity contribution is -0.141. The molecule has 0 bridgehead atoms. The fourth-order valence-electron chi connectivity index (χ4n) is 2.44. The number of aliphatic hydroxyl groups excluding tert-OH is 1. The van der Waals surface area contributed by atoms with Crippen LogP contribution in [0.15, 0.2) is 0 Å². The van der Waals surface area contributed by atoms with Gasteiger partial charge in [0.25, 0.3) is 0 Å². The van der Waals surface area contributed by atoms with Gasteiger partial charge in [-0.1, -0.05) is 27.7 Å². The van der Waals surface area contributed by atoms with Gasteiger partial charge in [0, 0.05) is 25.1 Å². The summed E-state index contributed by atoms with van der Waals surface area (Å²) in [6.07, 6.45) is 0.700. The molecule has 16 heavy (non-hydrogen) atoms. The molecule has 4 heteroatoms. The van der Waals surface area contributed by atoms with Crippen molar-refractivity contribution < 1.29 is 9.90 Å². The number of rotatable bonds is 4. The van der Waals surface area contributed by atoms with Gasteiger partial charge >= 0.3 is 0 Å². The molecule has 1 aliphatic rings. The van der Waals surface area contributed by atoms with Gasteiger partial charge in [0.2, 0.25) is 5.91 Å². The number of aliphatic hydroxyl groups is 1. The molecule has 1 rings (SSSR count). The highest BCUT2D eigenvalue weighted by molar-refractivity contribution is 5.82. The fraction of sp³-hybridized carbons (Fsp3) is 0.917. The minimum absolute atomic E-state index is 0.113. The number of nitrogens with one attached hydrogen (secondary N) is 1. The molecule has 0 unspecified atom stereocenters. The molecule has 1 amide bonds. The van der Waals surface area contributed by atoms with Crippen molar-refractivity contribution in [3.05, 3.63) is 0 Å². The second-order valence-electron chi connectivity index (χ2n) is 6.11. The zero-order chi connectivity index (χ0) is 12.4. The van der Waals surface area contributed by atoms with Crippen LogP contribution in [0.5, 0.6) is 0 Å². The Kier molecular flexibility index (Phi) is 3.97. The standard InChI is InChI=1S/C12H24N2O2/c1-11(2,8-15)7-12(3,4)10(16)14-6-5-13-9-14/h13,15H,5-9H2,1-4H3. The van der Waals surface area contributed by atoms with Crippen LogP contribution in [-0.2, 0) is 4.79 Å². The minimum Gasteiger partial charge on any atom is -0.396 e. The first kappa shape index (κ1) is 13.5. The number of amides is 1. The topological polar surface area (TPSA) is 52.6 Å². The van der Waals surface area contributed by atoms with Gasteiger partial charge in [-0.3, -0.25) is 10.1 Å². The molecule has 0 atom stereocenters. The van der Waals surface area contributed by atoms with Crippen molar-refractivity contribution in [1.82, 2.24) is 10.2 Å². The summed E-state index contributed by atoms with van der Waals surface area (Å²) in [5, 5.41) is 12.4. The lowest BCUT2D eigenvalue weighted by atomic mass is 9.75. The van der Waals surface area contributed by atoms with Gasteiger partial charge in [0.15, 0.2) is 0 Å². The quantitative estimate of drug-likeness (QED) is 0.748. The van der Waals surface area contributed by atoms with E-state index in [-0.39, 0.29) is 17.9 Å². The first-order valence-electron chi connectivity index (χ1n) is 5.89. The molecule has 1 saturated heterocycles. The Balaban J connectivity index is 2.65. The predicted molar refractivity (Wildman–Crippen MR) is 63.8 cm³/mol. The van der Waals surface area contributed by atoms with E-state index in [2.05, 4.69) is 5.32 Å². The van der Waals surface area contributed by atoms with Gasteiger partial charge in [0.05, 0.1) is 6.67 Å². The second-order valence-corrected chi connectivity index (χ2v) is 6.11. The maximum atomic E-state index is 12.3. The smallest absolute Gasteiger partial charge is 0.229 e. The van der Waals surface area contributed by atoms with Crippen LogP contribution in [0.4, 0.5) is 0 Å². The second kappa shape index (κ2) is 4.72. The van der Waals surface area contributed by atoms with Crippen molar-refractivity contribution in [2.24, 2.45) is 10.8 Å². The molecule has 1 fully saturated rings. The summed E-state index contributed by atoms with van der Waals surface area (Å²) >= 11 is 0. The highest BCUT2D eigenvalue weighted by atomic mass is 16.3. The molecule has 2 N–H and O–H groups in total. The molecule has 4 nitrogen and oxygen atoms in total. The Hall–Kier alpha value is -0.610. The summed E-state index contributed by atoms with van der Waals surface area (Å²) < 4.78 is 0. The Labute approximate surface area is 98.0 Å². The van der Waals surface area contributed by atoms with E-state index in [1.165, 1.54) is 0 Å². The summed E-state index contributed by atoms with van der Waals surface area (Å²) in [4.78, 5) is 14.1. The highest BCUT2D eigenvalue weighted by Gasteiger charge is 2.37. The molecule has 0 aromatic rings. The monoisotopic (exact) mass is 228 g/mol. The SMILES string of the molecule is CC(C)(CO)CC(C)(C)C(=O)N1CCNC1. The zero-order valence-electron chi connectivity index (χ0n) is 10.8. The van der Waals surface area contributed by atoms with E-state index in [4.69, 9.17) is 0 Å². The maximum absolute atomic E-state index is 12.3. The highest BCUT2D eigenvalue weighted by Crippen LogP contribution is 2.34. The van der Waals surface area contributed by atoms with Gasteiger partial charge in [-0.25, -0.2) is 0 Å². The number of carbonyl (C=O) groups is 1. The third-order valence-corrected chi connectivity index (χ3v) is 3.08. The normalized spacial score (nSPS) is 17.9. The first-order valence-corrected chi connectivity index (χ1v) is 5.89. The molecule has 0 aromatic heterocycles. The maximum Gasteiger partial charge on any atom is 0.229 e. The summed E-state index contributed by atoms with van der Waals surface area (Å²) in [7, 11) is 0. The first-order chi connectivity index (χ1) is 7.28. The largest absolute Gasteiger partial charge is 0.396 e. The van der Waals surface area contributed by atoms with Gasteiger partial charge in [0.1, 0.15) is 0 Å². The average molecular weight is 228 g/mol. The number of carbonyl (C=O) groups excluding carboxylic acids is 1. The molecule has 0 spiro atoms. The molecule has 0 aromatic carbocycles.